The number of hydrogen-bond acceptors (Lipinski definition) is 4. The third-order valence-corrected chi connectivity index (χ3v) is 4.94. The van der Waals surface area contributed by atoms with Crippen molar-refractivity contribution in [3.63, 3.8) is 0 Å². The summed E-state index contributed by atoms with van der Waals surface area (Å²) in [4.78, 5) is 19.5. The van der Waals surface area contributed by atoms with Gasteiger partial charge in [0, 0.05) is 24.0 Å². The highest BCUT2D eigenvalue weighted by Crippen LogP contribution is 2.34. The third-order valence-electron chi connectivity index (χ3n) is 4.94. The number of hydrogen-bond donors (Lipinski definition) is 0. The molecule has 0 N–H and O–H groups in total. The molecule has 6 nitrogen and oxygen atoms in total. The van der Waals surface area contributed by atoms with E-state index in [9.17, 15) is 4.79 Å². The van der Waals surface area contributed by atoms with Crippen molar-refractivity contribution in [3.8, 4) is 5.75 Å². The van der Waals surface area contributed by atoms with Crippen LogP contribution in [0.2, 0.25) is 0 Å². The molecule has 134 valence electrons. The van der Waals surface area contributed by atoms with Gasteiger partial charge < -0.3 is 9.64 Å². The summed E-state index contributed by atoms with van der Waals surface area (Å²) in [6, 6.07) is 11.7. The van der Waals surface area contributed by atoms with E-state index < -0.39 is 0 Å². The highest BCUT2D eigenvalue weighted by Gasteiger charge is 2.32. The van der Waals surface area contributed by atoms with Crippen molar-refractivity contribution in [2.75, 3.05) is 13.7 Å². The Kier molecular flexibility index (Phi) is 4.11. The number of rotatable bonds is 3. The molecule has 1 saturated heterocycles. The predicted molar refractivity (Wildman–Crippen MR) is 98.5 cm³/mol. The van der Waals surface area contributed by atoms with Crippen molar-refractivity contribution < 1.29 is 9.53 Å². The van der Waals surface area contributed by atoms with Gasteiger partial charge in [-0.3, -0.25) is 4.79 Å². The number of amides is 1. The van der Waals surface area contributed by atoms with E-state index in [1.54, 1.807) is 17.7 Å². The topological polar surface area (TPSA) is 59.7 Å². The highest BCUT2D eigenvalue weighted by atomic mass is 16.5. The molecule has 1 aliphatic rings. The summed E-state index contributed by atoms with van der Waals surface area (Å²) in [5, 5.41) is 4.50. The molecule has 0 radical (unpaired) electrons. The van der Waals surface area contributed by atoms with E-state index >= 15 is 0 Å². The van der Waals surface area contributed by atoms with Crippen LogP contribution in [-0.2, 0) is 0 Å². The number of aryl methyl sites for hydroxylation is 2. The van der Waals surface area contributed by atoms with E-state index in [0.717, 1.165) is 42.1 Å². The fourth-order valence-corrected chi connectivity index (χ4v) is 3.74. The number of fused-ring (bicyclic) bond motifs is 1. The average molecular weight is 350 g/mol. The number of nitrogens with zero attached hydrogens (tertiary/aromatic N) is 4. The first kappa shape index (κ1) is 16.6. The summed E-state index contributed by atoms with van der Waals surface area (Å²) in [5.41, 5.74) is 4.15. The van der Waals surface area contributed by atoms with E-state index in [0.29, 0.717) is 11.3 Å². The minimum absolute atomic E-state index is 0.0436. The minimum atomic E-state index is -0.0436. The zero-order valence-corrected chi connectivity index (χ0v) is 15.3. The van der Waals surface area contributed by atoms with Crippen LogP contribution in [0.4, 0.5) is 0 Å². The van der Waals surface area contributed by atoms with Crippen molar-refractivity contribution in [3.05, 3.63) is 59.0 Å². The fraction of sp³-hybridized carbons (Fsp3) is 0.350. The molecule has 1 fully saturated rings. The summed E-state index contributed by atoms with van der Waals surface area (Å²) in [5.74, 6) is 0.766. The molecule has 0 bridgehead atoms. The van der Waals surface area contributed by atoms with Gasteiger partial charge in [-0.25, -0.2) is 9.50 Å². The smallest absolute Gasteiger partial charge is 0.274 e. The fourth-order valence-electron chi connectivity index (χ4n) is 3.74. The van der Waals surface area contributed by atoms with Gasteiger partial charge in [0.1, 0.15) is 5.75 Å². The van der Waals surface area contributed by atoms with Crippen molar-refractivity contribution in [1.29, 1.82) is 0 Å². The van der Waals surface area contributed by atoms with Crippen LogP contribution in [0.3, 0.4) is 0 Å². The Balaban J connectivity index is 1.67. The lowest BCUT2D eigenvalue weighted by molar-refractivity contribution is 0.0729. The summed E-state index contributed by atoms with van der Waals surface area (Å²) < 4.78 is 7.06. The van der Waals surface area contributed by atoms with Gasteiger partial charge in [0.2, 0.25) is 0 Å². The molecule has 0 saturated carbocycles. The molecule has 1 aromatic carbocycles. The normalized spacial score (nSPS) is 17.0. The van der Waals surface area contributed by atoms with Gasteiger partial charge >= 0.3 is 0 Å². The molecule has 1 aliphatic heterocycles. The van der Waals surface area contributed by atoms with Crippen LogP contribution < -0.4 is 4.74 Å². The first-order valence-electron chi connectivity index (χ1n) is 8.86. The van der Waals surface area contributed by atoms with Crippen LogP contribution in [0.15, 0.2) is 36.4 Å². The Morgan fingerprint density at radius 2 is 2.08 bits per heavy atom. The van der Waals surface area contributed by atoms with E-state index in [1.807, 2.05) is 43.0 Å². The van der Waals surface area contributed by atoms with Crippen molar-refractivity contribution >= 4 is 11.6 Å². The van der Waals surface area contributed by atoms with Gasteiger partial charge in [0.15, 0.2) is 11.3 Å². The summed E-state index contributed by atoms with van der Waals surface area (Å²) in [7, 11) is 1.66. The monoisotopic (exact) mass is 350 g/mol. The van der Waals surface area contributed by atoms with Crippen LogP contribution in [0.25, 0.3) is 5.65 Å². The molecule has 3 aromatic rings. The second-order valence-corrected chi connectivity index (χ2v) is 6.77. The predicted octanol–water partition coefficient (Wildman–Crippen LogP) is 3.33. The van der Waals surface area contributed by atoms with Crippen LogP contribution in [0.5, 0.6) is 5.75 Å². The van der Waals surface area contributed by atoms with Gasteiger partial charge in [-0.15, -0.1) is 0 Å². The minimum Gasteiger partial charge on any atom is -0.497 e. The zero-order valence-electron chi connectivity index (χ0n) is 15.3. The lowest BCUT2D eigenvalue weighted by atomic mass is 10.0. The summed E-state index contributed by atoms with van der Waals surface area (Å²) in [6.45, 7) is 4.65. The lowest BCUT2D eigenvalue weighted by Crippen LogP contribution is -2.30. The van der Waals surface area contributed by atoms with E-state index in [2.05, 4.69) is 16.1 Å². The standard InChI is InChI=1S/C20H22N4O2/c1-13-10-14(2)24-19(21-13)12-17(22-24)20(25)23-9-5-8-18(23)15-6-4-7-16(11-15)26-3/h4,6-7,10-12,18H,5,8-9H2,1-3H3. The van der Waals surface area contributed by atoms with Crippen LogP contribution in [-0.4, -0.2) is 39.1 Å². The van der Waals surface area contributed by atoms with E-state index in [-0.39, 0.29) is 11.9 Å². The maximum atomic E-state index is 13.1. The number of benzene rings is 1. The molecular formula is C20H22N4O2. The Morgan fingerprint density at radius 1 is 1.23 bits per heavy atom. The molecule has 2 aromatic heterocycles. The van der Waals surface area contributed by atoms with Crippen molar-refractivity contribution in [2.24, 2.45) is 0 Å². The maximum absolute atomic E-state index is 13.1. The van der Waals surface area contributed by atoms with Gasteiger partial charge in [-0.2, -0.15) is 5.10 Å². The Hall–Kier alpha value is -2.89. The molecular weight excluding hydrogens is 328 g/mol. The molecule has 0 aliphatic carbocycles. The van der Waals surface area contributed by atoms with Gasteiger partial charge in [-0.1, -0.05) is 12.1 Å². The molecule has 6 heteroatoms. The molecule has 1 unspecified atom stereocenters. The molecule has 26 heavy (non-hydrogen) atoms. The van der Waals surface area contributed by atoms with Gasteiger partial charge in [0.05, 0.1) is 13.2 Å². The zero-order chi connectivity index (χ0) is 18.3. The SMILES string of the molecule is COc1cccc(C2CCCN2C(=O)c2cc3nc(C)cc(C)n3n2)c1. The van der Waals surface area contributed by atoms with E-state index in [1.165, 1.54) is 0 Å². The van der Waals surface area contributed by atoms with Crippen LogP contribution >= 0.6 is 0 Å². The Labute approximate surface area is 152 Å². The second kappa shape index (κ2) is 6.44. The molecule has 3 heterocycles. The number of ether oxygens (including phenoxy) is 1. The first-order chi connectivity index (χ1) is 12.6. The molecule has 1 atom stereocenters. The number of carbonyl (C=O) groups is 1. The number of methoxy groups -OCH3 is 1. The first-order valence-corrected chi connectivity index (χ1v) is 8.86. The quantitative estimate of drug-likeness (QED) is 0.727. The Morgan fingerprint density at radius 3 is 2.88 bits per heavy atom. The van der Waals surface area contributed by atoms with Gasteiger partial charge in [-0.05, 0) is 50.5 Å². The number of carbonyl (C=O) groups excluding carboxylic acids is 1. The average Bonchev–Trinajstić information content (AvgIpc) is 3.28. The largest absolute Gasteiger partial charge is 0.497 e. The molecule has 0 spiro atoms. The summed E-state index contributed by atoms with van der Waals surface area (Å²) >= 11 is 0. The third kappa shape index (κ3) is 2.81. The number of likely N-dealkylation sites (tertiary alicyclic amines) is 1. The van der Waals surface area contributed by atoms with E-state index in [4.69, 9.17) is 4.74 Å². The van der Waals surface area contributed by atoms with Crippen molar-refractivity contribution in [1.82, 2.24) is 19.5 Å². The number of aromatic nitrogens is 3. The summed E-state index contributed by atoms with van der Waals surface area (Å²) in [6.07, 6.45) is 1.93. The van der Waals surface area contributed by atoms with Crippen LogP contribution in [0, 0.1) is 13.8 Å². The highest BCUT2D eigenvalue weighted by molar-refractivity contribution is 5.93. The lowest BCUT2D eigenvalue weighted by Gasteiger charge is -2.24. The van der Waals surface area contributed by atoms with Crippen LogP contribution in [0.1, 0.15) is 46.3 Å². The Bertz CT molecular complexity index is 979. The second-order valence-electron chi connectivity index (χ2n) is 6.77. The maximum Gasteiger partial charge on any atom is 0.274 e. The van der Waals surface area contributed by atoms with Crippen molar-refractivity contribution in [2.45, 2.75) is 32.7 Å². The molecule has 1 amide bonds. The molecule has 4 rings (SSSR count). The van der Waals surface area contributed by atoms with Gasteiger partial charge in [0.25, 0.3) is 5.91 Å².